The van der Waals surface area contributed by atoms with E-state index in [2.05, 4.69) is 0 Å². The van der Waals surface area contributed by atoms with Crippen LogP contribution >= 0.6 is 0 Å². The highest BCUT2D eigenvalue weighted by Crippen LogP contribution is 2.19. The van der Waals surface area contributed by atoms with Crippen molar-refractivity contribution in [1.29, 1.82) is 5.26 Å². The van der Waals surface area contributed by atoms with Gasteiger partial charge >= 0.3 is 0 Å². The number of rotatable bonds is 4. The van der Waals surface area contributed by atoms with Crippen LogP contribution in [0.25, 0.3) is 0 Å². The zero-order valence-corrected chi connectivity index (χ0v) is 12.3. The fourth-order valence-corrected chi connectivity index (χ4v) is 3.89. The van der Waals surface area contributed by atoms with E-state index in [1.165, 1.54) is 4.31 Å². The molecule has 5 nitrogen and oxygen atoms in total. The maximum atomic E-state index is 12.3. The molecule has 2 rings (SSSR count). The van der Waals surface area contributed by atoms with Crippen molar-refractivity contribution in [2.24, 2.45) is 0 Å². The van der Waals surface area contributed by atoms with Crippen molar-refractivity contribution in [2.45, 2.75) is 24.7 Å². The second-order valence-electron chi connectivity index (χ2n) is 4.90. The lowest BCUT2D eigenvalue weighted by Crippen LogP contribution is -2.41. The van der Waals surface area contributed by atoms with E-state index in [-0.39, 0.29) is 11.9 Å². The molecule has 0 unspecified atom stereocenters. The summed E-state index contributed by atoms with van der Waals surface area (Å²) >= 11 is 0. The molecule has 20 heavy (non-hydrogen) atoms. The first-order chi connectivity index (χ1) is 9.55. The molecular formula is C14H18N2O3S. The number of methoxy groups -OCH3 is 1. The molecule has 0 N–H and O–H groups in total. The number of sulfonamides is 1. The largest absolute Gasteiger partial charge is 0.381 e. The SMILES string of the molecule is COC1CCN(S(=O)(=O)Cc2ccc(C#N)cc2)CC1. The maximum absolute atomic E-state index is 12.3. The first-order valence-corrected chi connectivity index (χ1v) is 8.16. The van der Waals surface area contributed by atoms with Crippen LogP contribution in [0, 0.1) is 11.3 Å². The Balaban J connectivity index is 2.02. The van der Waals surface area contributed by atoms with Gasteiger partial charge < -0.3 is 4.74 Å². The molecule has 0 radical (unpaired) electrons. The molecular weight excluding hydrogens is 276 g/mol. The van der Waals surface area contributed by atoms with Gasteiger partial charge in [0.25, 0.3) is 0 Å². The summed E-state index contributed by atoms with van der Waals surface area (Å²) in [5.41, 5.74) is 1.24. The molecule has 1 saturated heterocycles. The van der Waals surface area contributed by atoms with E-state index in [0.717, 1.165) is 12.8 Å². The highest BCUT2D eigenvalue weighted by molar-refractivity contribution is 7.88. The average molecular weight is 294 g/mol. The van der Waals surface area contributed by atoms with Gasteiger partial charge in [0, 0.05) is 20.2 Å². The molecule has 1 aliphatic heterocycles. The second kappa shape index (κ2) is 6.35. The predicted molar refractivity (Wildman–Crippen MR) is 75.4 cm³/mol. The third kappa shape index (κ3) is 3.57. The lowest BCUT2D eigenvalue weighted by atomic mass is 10.1. The van der Waals surface area contributed by atoms with Crippen molar-refractivity contribution in [3.8, 4) is 6.07 Å². The minimum atomic E-state index is -3.29. The van der Waals surface area contributed by atoms with E-state index >= 15 is 0 Å². The molecule has 1 aliphatic rings. The Morgan fingerprint density at radius 1 is 1.30 bits per heavy atom. The van der Waals surface area contributed by atoms with Gasteiger partial charge in [-0.2, -0.15) is 5.26 Å². The first kappa shape index (κ1) is 15.0. The van der Waals surface area contributed by atoms with Gasteiger partial charge in [0.1, 0.15) is 0 Å². The first-order valence-electron chi connectivity index (χ1n) is 6.55. The number of benzene rings is 1. The van der Waals surface area contributed by atoms with Crippen LogP contribution < -0.4 is 0 Å². The standard InChI is InChI=1S/C14H18N2O3S/c1-19-14-6-8-16(9-7-14)20(17,18)11-13-4-2-12(10-15)3-5-13/h2-5,14H,6-9,11H2,1H3. The molecule has 108 valence electrons. The summed E-state index contributed by atoms with van der Waals surface area (Å²) in [5, 5.41) is 8.72. The van der Waals surface area contributed by atoms with Crippen LogP contribution in [0.3, 0.4) is 0 Å². The third-order valence-electron chi connectivity index (χ3n) is 3.56. The van der Waals surface area contributed by atoms with Gasteiger partial charge in [-0.15, -0.1) is 0 Å². The summed E-state index contributed by atoms with van der Waals surface area (Å²) in [7, 11) is -1.63. The number of nitrogens with zero attached hydrogens (tertiary/aromatic N) is 2. The Kier molecular flexibility index (Phi) is 4.76. The summed E-state index contributed by atoms with van der Waals surface area (Å²) in [5.74, 6) is -0.0175. The van der Waals surface area contributed by atoms with Gasteiger partial charge in [-0.1, -0.05) is 12.1 Å². The Morgan fingerprint density at radius 3 is 2.40 bits per heavy atom. The van der Waals surface area contributed by atoms with Crippen LogP contribution in [0.5, 0.6) is 0 Å². The molecule has 0 bridgehead atoms. The molecule has 6 heteroatoms. The van der Waals surface area contributed by atoms with Gasteiger partial charge in [-0.05, 0) is 30.5 Å². The average Bonchev–Trinajstić information content (AvgIpc) is 2.48. The van der Waals surface area contributed by atoms with E-state index in [1.54, 1.807) is 31.4 Å². The highest BCUT2D eigenvalue weighted by Gasteiger charge is 2.27. The topological polar surface area (TPSA) is 70.4 Å². The van der Waals surface area contributed by atoms with Crippen LogP contribution in [-0.4, -0.2) is 39.0 Å². The molecule has 0 aliphatic carbocycles. The molecule has 1 heterocycles. The molecule has 0 spiro atoms. The fraction of sp³-hybridized carbons (Fsp3) is 0.500. The summed E-state index contributed by atoms with van der Waals surface area (Å²) in [6, 6.07) is 8.68. The summed E-state index contributed by atoms with van der Waals surface area (Å²) in [6.45, 7) is 1.02. The minimum Gasteiger partial charge on any atom is -0.381 e. The Hall–Kier alpha value is -1.42. The van der Waals surface area contributed by atoms with Crippen molar-refractivity contribution in [3.05, 3.63) is 35.4 Å². The van der Waals surface area contributed by atoms with Crippen molar-refractivity contribution in [1.82, 2.24) is 4.31 Å². The monoisotopic (exact) mass is 294 g/mol. The number of hydrogen-bond donors (Lipinski definition) is 0. The number of piperidine rings is 1. The van der Waals surface area contributed by atoms with Gasteiger partial charge in [-0.25, -0.2) is 12.7 Å². The Morgan fingerprint density at radius 2 is 1.90 bits per heavy atom. The zero-order valence-electron chi connectivity index (χ0n) is 11.4. The van der Waals surface area contributed by atoms with Crippen LogP contribution in [0.4, 0.5) is 0 Å². The summed E-state index contributed by atoms with van der Waals surface area (Å²) in [6.07, 6.45) is 1.64. The van der Waals surface area contributed by atoms with Crippen LogP contribution in [0.15, 0.2) is 24.3 Å². The van der Waals surface area contributed by atoms with E-state index in [9.17, 15) is 8.42 Å². The summed E-state index contributed by atoms with van der Waals surface area (Å²) < 4.78 is 31.4. The van der Waals surface area contributed by atoms with E-state index < -0.39 is 10.0 Å². The molecule has 1 fully saturated rings. The lowest BCUT2D eigenvalue weighted by molar-refractivity contribution is 0.0604. The van der Waals surface area contributed by atoms with Crippen molar-refractivity contribution >= 4 is 10.0 Å². The second-order valence-corrected chi connectivity index (χ2v) is 6.87. The fourth-order valence-electron chi connectivity index (χ4n) is 2.32. The van der Waals surface area contributed by atoms with Gasteiger partial charge in [0.2, 0.25) is 10.0 Å². The molecule has 1 aromatic rings. The molecule has 0 amide bonds. The van der Waals surface area contributed by atoms with Gasteiger partial charge in [0.05, 0.1) is 23.5 Å². The lowest BCUT2D eigenvalue weighted by Gasteiger charge is -2.30. The number of nitriles is 1. The molecule has 0 saturated carbocycles. The predicted octanol–water partition coefficient (Wildman–Crippen LogP) is 1.50. The van der Waals surface area contributed by atoms with Crippen LogP contribution in [0.2, 0.25) is 0 Å². The highest BCUT2D eigenvalue weighted by atomic mass is 32.2. The molecule has 0 aromatic heterocycles. The third-order valence-corrected chi connectivity index (χ3v) is 5.41. The van der Waals surface area contributed by atoms with Crippen LogP contribution in [-0.2, 0) is 20.5 Å². The molecule has 1 aromatic carbocycles. The summed E-state index contributed by atoms with van der Waals surface area (Å²) in [4.78, 5) is 0. The minimum absolute atomic E-state index is 0.0175. The quantitative estimate of drug-likeness (QED) is 0.843. The zero-order chi connectivity index (χ0) is 14.6. The van der Waals surface area contributed by atoms with Crippen molar-refractivity contribution < 1.29 is 13.2 Å². The van der Waals surface area contributed by atoms with E-state index in [1.807, 2.05) is 6.07 Å². The normalized spacial score (nSPS) is 17.8. The smallest absolute Gasteiger partial charge is 0.218 e. The van der Waals surface area contributed by atoms with Crippen molar-refractivity contribution in [3.63, 3.8) is 0 Å². The van der Waals surface area contributed by atoms with E-state index in [0.29, 0.717) is 24.2 Å². The number of hydrogen-bond acceptors (Lipinski definition) is 4. The van der Waals surface area contributed by atoms with Crippen molar-refractivity contribution in [2.75, 3.05) is 20.2 Å². The maximum Gasteiger partial charge on any atom is 0.218 e. The number of ether oxygens (including phenoxy) is 1. The van der Waals surface area contributed by atoms with Gasteiger partial charge in [-0.3, -0.25) is 0 Å². The Labute approximate surface area is 119 Å². The van der Waals surface area contributed by atoms with Gasteiger partial charge in [0.15, 0.2) is 0 Å². The van der Waals surface area contributed by atoms with E-state index in [4.69, 9.17) is 10.00 Å². The molecule has 0 atom stereocenters. The Bertz CT molecular complexity index is 582. The van der Waals surface area contributed by atoms with Crippen LogP contribution in [0.1, 0.15) is 24.0 Å².